The number of pyridine rings is 1. The molecular weight excluding hydrogens is 514 g/mol. The molecule has 2 atom stereocenters. The number of phenols is 1. The number of H-pyrrole nitrogens is 1. The smallest absolute Gasteiger partial charge is 0.251 e. The van der Waals surface area contributed by atoms with Crippen LogP contribution in [0.5, 0.6) is 5.75 Å². The Balaban J connectivity index is 1.49. The number of aromatic nitrogens is 2. The molecule has 2 heterocycles. The van der Waals surface area contributed by atoms with Crippen LogP contribution >= 0.6 is 0 Å². The number of aliphatic hydroxyl groups excluding tert-OH is 1. The van der Waals surface area contributed by atoms with Gasteiger partial charge in [-0.25, -0.2) is 8.78 Å². The van der Waals surface area contributed by atoms with Gasteiger partial charge >= 0.3 is 0 Å². The lowest BCUT2D eigenvalue weighted by Crippen LogP contribution is -2.36. The van der Waals surface area contributed by atoms with Crippen LogP contribution in [0.2, 0.25) is 0 Å². The van der Waals surface area contributed by atoms with Crippen molar-refractivity contribution in [3.63, 3.8) is 0 Å². The van der Waals surface area contributed by atoms with E-state index in [1.807, 2.05) is 6.07 Å². The largest absolute Gasteiger partial charge is 0.508 e. The maximum absolute atomic E-state index is 14.1. The van der Waals surface area contributed by atoms with Crippen LogP contribution in [0.1, 0.15) is 33.2 Å². The summed E-state index contributed by atoms with van der Waals surface area (Å²) in [4.78, 5) is 19.7. The van der Waals surface area contributed by atoms with Crippen LogP contribution in [-0.2, 0) is 12.8 Å². The Labute approximate surface area is 229 Å². The first-order chi connectivity index (χ1) is 19.3. The number of carbonyl (C=O) groups excluding carboxylic acids is 1. The van der Waals surface area contributed by atoms with Crippen LogP contribution < -0.4 is 10.6 Å². The Bertz CT molecular complexity index is 1630. The number of hydrogen-bond acceptors (Lipinski definition) is 5. The third-order valence-electron chi connectivity index (χ3n) is 6.77. The highest BCUT2D eigenvalue weighted by atomic mass is 19.1. The van der Waals surface area contributed by atoms with Crippen molar-refractivity contribution < 1.29 is 23.8 Å². The molecule has 0 spiro atoms. The number of fused-ring (bicyclic) bond motifs is 1. The third kappa shape index (κ3) is 6.01. The van der Waals surface area contributed by atoms with Crippen molar-refractivity contribution >= 4 is 16.8 Å². The summed E-state index contributed by atoms with van der Waals surface area (Å²) in [6.45, 7) is 0. The van der Waals surface area contributed by atoms with E-state index >= 15 is 0 Å². The van der Waals surface area contributed by atoms with Crippen LogP contribution in [0.15, 0.2) is 85.2 Å². The van der Waals surface area contributed by atoms with E-state index < -0.39 is 23.9 Å². The Morgan fingerprint density at radius 2 is 1.75 bits per heavy atom. The van der Waals surface area contributed by atoms with Gasteiger partial charge in [0.1, 0.15) is 23.6 Å². The molecule has 0 aliphatic rings. The average Bonchev–Trinajstić information content (AvgIpc) is 3.33. The number of aromatic amines is 1. The SMILES string of the molecule is CNC(=O)c1ccc(-c2cccnc2[C@H](Cc2cc(F)cc(F)c2)NC(O)Cc2c[nH]c3ccc(O)cc23)cc1. The number of carbonyl (C=O) groups is 1. The highest BCUT2D eigenvalue weighted by Crippen LogP contribution is 2.30. The zero-order valence-electron chi connectivity index (χ0n) is 21.7. The quantitative estimate of drug-likeness (QED) is 0.168. The Kier molecular flexibility index (Phi) is 7.86. The molecule has 0 saturated carbocycles. The van der Waals surface area contributed by atoms with Crippen molar-refractivity contribution in [2.45, 2.75) is 25.1 Å². The van der Waals surface area contributed by atoms with E-state index in [1.54, 1.807) is 68.0 Å². The first-order valence-corrected chi connectivity index (χ1v) is 12.8. The number of hydrogen-bond donors (Lipinski definition) is 5. The average molecular weight is 543 g/mol. The van der Waals surface area contributed by atoms with Crippen molar-refractivity contribution in [2.24, 2.45) is 0 Å². The van der Waals surface area contributed by atoms with Crippen LogP contribution in [0.3, 0.4) is 0 Å². The maximum atomic E-state index is 14.1. The summed E-state index contributed by atoms with van der Waals surface area (Å²) in [6, 6.07) is 18.3. The highest BCUT2D eigenvalue weighted by Gasteiger charge is 2.23. The minimum absolute atomic E-state index is 0.113. The molecule has 204 valence electrons. The molecule has 3 aromatic carbocycles. The van der Waals surface area contributed by atoms with Crippen LogP contribution in [0.4, 0.5) is 8.78 Å². The van der Waals surface area contributed by atoms with E-state index in [2.05, 4.69) is 20.6 Å². The maximum Gasteiger partial charge on any atom is 0.251 e. The number of benzene rings is 3. The van der Waals surface area contributed by atoms with E-state index in [0.717, 1.165) is 33.7 Å². The lowest BCUT2D eigenvalue weighted by atomic mass is 9.94. The second kappa shape index (κ2) is 11.6. The normalized spacial score (nSPS) is 12.8. The Morgan fingerprint density at radius 3 is 2.48 bits per heavy atom. The number of aromatic hydroxyl groups is 1. The molecule has 0 radical (unpaired) electrons. The number of rotatable bonds is 9. The molecule has 9 heteroatoms. The molecule has 0 bridgehead atoms. The molecule has 40 heavy (non-hydrogen) atoms. The van der Waals surface area contributed by atoms with Crippen molar-refractivity contribution in [1.82, 2.24) is 20.6 Å². The van der Waals surface area contributed by atoms with Gasteiger partial charge in [-0.2, -0.15) is 0 Å². The van der Waals surface area contributed by atoms with E-state index in [0.29, 0.717) is 16.8 Å². The molecule has 1 amide bonds. The number of amides is 1. The highest BCUT2D eigenvalue weighted by molar-refractivity contribution is 5.94. The molecule has 5 N–H and O–H groups in total. The summed E-state index contributed by atoms with van der Waals surface area (Å²) in [5.74, 6) is -1.49. The van der Waals surface area contributed by atoms with E-state index in [4.69, 9.17) is 0 Å². The molecule has 5 aromatic rings. The monoisotopic (exact) mass is 542 g/mol. The van der Waals surface area contributed by atoms with Crippen molar-refractivity contribution in [3.05, 3.63) is 119 Å². The first kappa shape index (κ1) is 27.0. The van der Waals surface area contributed by atoms with E-state index in [1.165, 1.54) is 12.1 Å². The van der Waals surface area contributed by atoms with Gasteiger partial charge in [0.2, 0.25) is 0 Å². The fourth-order valence-electron chi connectivity index (χ4n) is 4.92. The summed E-state index contributed by atoms with van der Waals surface area (Å²) in [5, 5.41) is 27.6. The second-order valence-corrected chi connectivity index (χ2v) is 9.56. The molecular formula is C31H28F2N4O3. The summed E-state index contributed by atoms with van der Waals surface area (Å²) < 4.78 is 28.1. The molecule has 1 unspecified atom stereocenters. The topological polar surface area (TPSA) is 110 Å². The van der Waals surface area contributed by atoms with Gasteiger partial charge in [0, 0.05) is 54.0 Å². The fraction of sp³-hybridized carbons (Fsp3) is 0.161. The van der Waals surface area contributed by atoms with Gasteiger partial charge in [-0.05, 0) is 71.6 Å². The molecule has 0 aliphatic carbocycles. The van der Waals surface area contributed by atoms with Crippen LogP contribution in [0, 0.1) is 11.6 Å². The van der Waals surface area contributed by atoms with Crippen LogP contribution in [-0.4, -0.2) is 39.4 Å². The van der Waals surface area contributed by atoms with E-state index in [9.17, 15) is 23.8 Å². The van der Waals surface area contributed by atoms with Gasteiger partial charge in [0.15, 0.2) is 0 Å². The predicted octanol–water partition coefficient (Wildman–Crippen LogP) is 5.01. The number of nitrogens with one attached hydrogen (secondary N) is 3. The third-order valence-corrected chi connectivity index (χ3v) is 6.77. The van der Waals surface area contributed by atoms with E-state index in [-0.39, 0.29) is 24.5 Å². The molecule has 2 aromatic heterocycles. The zero-order valence-corrected chi connectivity index (χ0v) is 21.7. The standard InChI is InChI=1S/C31H28F2N4O3/c1-34-31(40)20-6-4-19(5-7-20)25-3-2-10-35-30(25)28(13-18-11-22(32)15-23(33)12-18)37-29(39)14-21-17-36-27-9-8-24(38)16-26(21)27/h2-12,15-17,28-29,36-39H,13-14H2,1H3,(H,34,40)/t28-,29?/m0/s1. The van der Waals surface area contributed by atoms with Gasteiger partial charge in [0.25, 0.3) is 5.91 Å². The van der Waals surface area contributed by atoms with Crippen molar-refractivity contribution in [3.8, 4) is 16.9 Å². The van der Waals surface area contributed by atoms with Gasteiger partial charge in [-0.1, -0.05) is 18.2 Å². The molecule has 0 saturated heterocycles. The lowest BCUT2D eigenvalue weighted by Gasteiger charge is -2.25. The zero-order chi connectivity index (χ0) is 28.2. The number of nitrogens with zero attached hydrogens (tertiary/aromatic N) is 1. The molecule has 7 nitrogen and oxygen atoms in total. The minimum atomic E-state index is -1.06. The lowest BCUT2D eigenvalue weighted by molar-refractivity contribution is 0.0963. The van der Waals surface area contributed by atoms with Gasteiger partial charge in [-0.3, -0.25) is 15.1 Å². The fourth-order valence-corrected chi connectivity index (χ4v) is 4.92. The minimum Gasteiger partial charge on any atom is -0.508 e. The number of halogens is 2. The summed E-state index contributed by atoms with van der Waals surface area (Å²) in [7, 11) is 1.56. The van der Waals surface area contributed by atoms with Gasteiger partial charge in [0.05, 0.1) is 11.7 Å². The van der Waals surface area contributed by atoms with Crippen LogP contribution in [0.25, 0.3) is 22.0 Å². The number of aliphatic hydroxyl groups is 1. The Hall–Kier alpha value is -4.60. The summed E-state index contributed by atoms with van der Waals surface area (Å²) >= 11 is 0. The second-order valence-electron chi connectivity index (χ2n) is 9.56. The summed E-state index contributed by atoms with van der Waals surface area (Å²) in [6.07, 6.45) is 2.66. The number of phenolic OH excluding ortho intramolecular Hbond substituents is 1. The van der Waals surface area contributed by atoms with Crippen molar-refractivity contribution in [1.29, 1.82) is 0 Å². The van der Waals surface area contributed by atoms with Crippen molar-refractivity contribution in [2.75, 3.05) is 7.05 Å². The Morgan fingerprint density at radius 1 is 1.00 bits per heavy atom. The van der Waals surface area contributed by atoms with Gasteiger partial charge in [-0.15, -0.1) is 0 Å². The first-order valence-electron chi connectivity index (χ1n) is 12.8. The van der Waals surface area contributed by atoms with Gasteiger partial charge < -0.3 is 20.5 Å². The molecule has 5 rings (SSSR count). The predicted molar refractivity (Wildman–Crippen MR) is 149 cm³/mol. The molecule has 0 fully saturated rings. The summed E-state index contributed by atoms with van der Waals surface area (Å²) in [5.41, 5.74) is 4.59. The molecule has 0 aliphatic heterocycles.